The van der Waals surface area contributed by atoms with E-state index in [0.29, 0.717) is 13.2 Å². The number of ether oxygens (including phenoxy) is 4. The Balaban J connectivity index is 1.62. The standard InChI is InChI=1S/C17H25NO4/c1-19-15-12-14(4-2-5-18-6-10-20-11-7-18)13-16-17(15)22-9-3-8-21-16/h12-13H,2-11H2,1H3. The quantitative estimate of drug-likeness (QED) is 0.833. The molecule has 0 spiro atoms. The van der Waals surface area contributed by atoms with Crippen LogP contribution in [0.2, 0.25) is 0 Å². The lowest BCUT2D eigenvalue weighted by molar-refractivity contribution is 0.0374. The van der Waals surface area contributed by atoms with Crippen LogP contribution in [-0.4, -0.2) is 58.1 Å². The van der Waals surface area contributed by atoms with E-state index in [1.165, 1.54) is 5.56 Å². The molecule has 0 radical (unpaired) electrons. The van der Waals surface area contributed by atoms with Gasteiger partial charge in [0.25, 0.3) is 0 Å². The predicted octanol–water partition coefficient (Wildman–Crippen LogP) is 2.12. The van der Waals surface area contributed by atoms with Gasteiger partial charge in [-0.25, -0.2) is 0 Å². The van der Waals surface area contributed by atoms with Crippen LogP contribution in [0, 0.1) is 0 Å². The van der Waals surface area contributed by atoms with Crippen molar-refractivity contribution in [3.63, 3.8) is 0 Å². The lowest BCUT2D eigenvalue weighted by atomic mass is 10.1. The molecule has 0 aromatic heterocycles. The number of methoxy groups -OCH3 is 1. The lowest BCUT2D eigenvalue weighted by Crippen LogP contribution is -2.36. The van der Waals surface area contributed by atoms with Gasteiger partial charge in [-0.2, -0.15) is 0 Å². The summed E-state index contributed by atoms with van der Waals surface area (Å²) in [5, 5.41) is 0. The van der Waals surface area contributed by atoms with Crippen molar-refractivity contribution in [2.75, 3.05) is 53.2 Å². The van der Waals surface area contributed by atoms with Crippen molar-refractivity contribution in [3.8, 4) is 17.2 Å². The highest BCUT2D eigenvalue weighted by Gasteiger charge is 2.17. The highest BCUT2D eigenvalue weighted by Crippen LogP contribution is 2.40. The molecule has 0 bridgehead atoms. The Bertz CT molecular complexity index is 486. The van der Waals surface area contributed by atoms with Crippen LogP contribution in [0.3, 0.4) is 0 Å². The van der Waals surface area contributed by atoms with Crippen LogP contribution in [0.25, 0.3) is 0 Å². The largest absolute Gasteiger partial charge is 0.493 e. The lowest BCUT2D eigenvalue weighted by Gasteiger charge is -2.26. The molecule has 122 valence electrons. The number of morpholine rings is 1. The van der Waals surface area contributed by atoms with Crippen LogP contribution < -0.4 is 14.2 Å². The van der Waals surface area contributed by atoms with Crippen LogP contribution in [0.15, 0.2) is 12.1 Å². The van der Waals surface area contributed by atoms with Gasteiger partial charge < -0.3 is 18.9 Å². The van der Waals surface area contributed by atoms with E-state index in [-0.39, 0.29) is 0 Å². The summed E-state index contributed by atoms with van der Waals surface area (Å²) in [6.45, 7) is 6.30. The van der Waals surface area contributed by atoms with Gasteiger partial charge in [0.1, 0.15) is 0 Å². The van der Waals surface area contributed by atoms with E-state index in [1.807, 2.05) is 0 Å². The third-order valence-electron chi connectivity index (χ3n) is 4.14. The van der Waals surface area contributed by atoms with Crippen molar-refractivity contribution in [1.29, 1.82) is 0 Å². The number of hydrogen-bond donors (Lipinski definition) is 0. The second-order valence-electron chi connectivity index (χ2n) is 5.73. The summed E-state index contributed by atoms with van der Waals surface area (Å²) in [7, 11) is 1.68. The summed E-state index contributed by atoms with van der Waals surface area (Å²) in [5.41, 5.74) is 1.24. The van der Waals surface area contributed by atoms with Crippen molar-refractivity contribution in [2.24, 2.45) is 0 Å². The molecule has 1 aromatic carbocycles. The molecule has 3 rings (SSSR count). The molecule has 0 amide bonds. The number of fused-ring (bicyclic) bond motifs is 1. The molecule has 2 aliphatic rings. The first-order chi connectivity index (χ1) is 10.9. The minimum absolute atomic E-state index is 0.680. The second-order valence-corrected chi connectivity index (χ2v) is 5.73. The van der Waals surface area contributed by atoms with E-state index in [9.17, 15) is 0 Å². The molecule has 1 saturated heterocycles. The third kappa shape index (κ3) is 3.84. The Hall–Kier alpha value is -1.46. The Morgan fingerprint density at radius 2 is 1.91 bits per heavy atom. The molecule has 0 aliphatic carbocycles. The molecule has 0 unspecified atom stereocenters. The fourth-order valence-electron chi connectivity index (χ4n) is 2.92. The fourth-order valence-corrected chi connectivity index (χ4v) is 2.92. The minimum Gasteiger partial charge on any atom is -0.493 e. The smallest absolute Gasteiger partial charge is 0.203 e. The Labute approximate surface area is 132 Å². The zero-order valence-corrected chi connectivity index (χ0v) is 13.3. The fraction of sp³-hybridized carbons (Fsp3) is 0.647. The predicted molar refractivity (Wildman–Crippen MR) is 84.2 cm³/mol. The third-order valence-corrected chi connectivity index (χ3v) is 4.14. The van der Waals surface area contributed by atoms with E-state index in [0.717, 1.165) is 69.4 Å². The molecule has 22 heavy (non-hydrogen) atoms. The Morgan fingerprint density at radius 3 is 2.73 bits per heavy atom. The van der Waals surface area contributed by atoms with Gasteiger partial charge in [0.15, 0.2) is 11.5 Å². The number of hydrogen-bond acceptors (Lipinski definition) is 5. The molecular formula is C17H25NO4. The number of benzene rings is 1. The molecule has 5 heteroatoms. The van der Waals surface area contributed by atoms with Gasteiger partial charge in [0.05, 0.1) is 33.5 Å². The maximum absolute atomic E-state index is 5.80. The first-order valence-electron chi connectivity index (χ1n) is 8.13. The normalized spacial score (nSPS) is 18.8. The molecular weight excluding hydrogens is 282 g/mol. The van der Waals surface area contributed by atoms with Crippen molar-refractivity contribution in [1.82, 2.24) is 4.90 Å². The average Bonchev–Trinajstić information content (AvgIpc) is 2.80. The van der Waals surface area contributed by atoms with E-state index < -0.39 is 0 Å². The summed E-state index contributed by atoms with van der Waals surface area (Å²) < 4.78 is 22.4. The van der Waals surface area contributed by atoms with Crippen LogP contribution in [0.4, 0.5) is 0 Å². The van der Waals surface area contributed by atoms with Gasteiger partial charge in [0.2, 0.25) is 5.75 Å². The molecule has 2 heterocycles. The topological polar surface area (TPSA) is 40.2 Å². The monoisotopic (exact) mass is 307 g/mol. The highest BCUT2D eigenvalue weighted by atomic mass is 16.5. The van der Waals surface area contributed by atoms with Gasteiger partial charge in [-0.15, -0.1) is 0 Å². The Kier molecular flexibility index (Phi) is 5.40. The highest BCUT2D eigenvalue weighted by molar-refractivity contribution is 5.54. The average molecular weight is 307 g/mol. The van der Waals surface area contributed by atoms with Crippen molar-refractivity contribution in [3.05, 3.63) is 17.7 Å². The molecule has 0 atom stereocenters. The van der Waals surface area contributed by atoms with E-state index in [2.05, 4.69) is 17.0 Å². The first kappa shape index (κ1) is 15.4. The van der Waals surface area contributed by atoms with E-state index in [4.69, 9.17) is 18.9 Å². The molecule has 0 N–H and O–H groups in total. The SMILES string of the molecule is COc1cc(CCCN2CCOCC2)cc2c1OCCCO2. The van der Waals surface area contributed by atoms with Crippen LogP contribution in [-0.2, 0) is 11.2 Å². The van der Waals surface area contributed by atoms with Gasteiger partial charge in [-0.3, -0.25) is 4.90 Å². The summed E-state index contributed by atoms with van der Waals surface area (Å²) in [6.07, 6.45) is 3.05. The summed E-state index contributed by atoms with van der Waals surface area (Å²) >= 11 is 0. The Morgan fingerprint density at radius 1 is 1.09 bits per heavy atom. The first-order valence-corrected chi connectivity index (χ1v) is 8.13. The van der Waals surface area contributed by atoms with Crippen molar-refractivity contribution in [2.45, 2.75) is 19.3 Å². The summed E-state index contributed by atoms with van der Waals surface area (Å²) in [6, 6.07) is 4.18. The molecule has 1 fully saturated rings. The number of rotatable bonds is 5. The second kappa shape index (κ2) is 7.70. The van der Waals surface area contributed by atoms with Gasteiger partial charge >= 0.3 is 0 Å². The van der Waals surface area contributed by atoms with Gasteiger partial charge in [-0.1, -0.05) is 0 Å². The van der Waals surface area contributed by atoms with Gasteiger partial charge in [0, 0.05) is 19.5 Å². The number of aryl methyl sites for hydroxylation is 1. The minimum atomic E-state index is 0.680. The molecule has 2 aliphatic heterocycles. The van der Waals surface area contributed by atoms with Crippen LogP contribution in [0.5, 0.6) is 17.2 Å². The summed E-state index contributed by atoms with van der Waals surface area (Å²) in [5.74, 6) is 2.34. The zero-order chi connectivity index (χ0) is 15.2. The molecule has 0 saturated carbocycles. The molecule has 5 nitrogen and oxygen atoms in total. The zero-order valence-electron chi connectivity index (χ0n) is 13.3. The van der Waals surface area contributed by atoms with Crippen molar-refractivity contribution < 1.29 is 18.9 Å². The number of nitrogens with zero attached hydrogens (tertiary/aromatic N) is 1. The maximum Gasteiger partial charge on any atom is 0.203 e. The van der Waals surface area contributed by atoms with E-state index >= 15 is 0 Å². The van der Waals surface area contributed by atoms with E-state index in [1.54, 1.807) is 7.11 Å². The van der Waals surface area contributed by atoms with Crippen LogP contribution in [0.1, 0.15) is 18.4 Å². The summed E-state index contributed by atoms with van der Waals surface area (Å²) in [4.78, 5) is 2.46. The van der Waals surface area contributed by atoms with Crippen LogP contribution >= 0.6 is 0 Å². The van der Waals surface area contributed by atoms with Gasteiger partial charge in [-0.05, 0) is 37.1 Å². The van der Waals surface area contributed by atoms with Crippen molar-refractivity contribution >= 4 is 0 Å². The molecule has 1 aromatic rings. The maximum atomic E-state index is 5.80.